The number of alkyl halides is 2. The van der Waals surface area contributed by atoms with E-state index in [0.717, 1.165) is 5.56 Å². The average molecular weight is 210 g/mol. The van der Waals surface area contributed by atoms with Crippen molar-refractivity contribution in [1.29, 1.82) is 0 Å². The Kier molecular flexibility index (Phi) is 5.34. The molecular weight excluding hydrogens is 200 g/mol. The molecule has 0 fully saturated rings. The van der Waals surface area contributed by atoms with E-state index in [2.05, 4.69) is 4.74 Å². The van der Waals surface area contributed by atoms with Crippen LogP contribution in [-0.4, -0.2) is 6.61 Å². The maximum Gasteiger partial charge on any atom is 0.387 e. The number of ether oxygens (including phenoxy) is 1. The van der Waals surface area contributed by atoms with Gasteiger partial charge in [0.25, 0.3) is 0 Å². The molecule has 0 atom stereocenters. The number of rotatable bonds is 3. The molecule has 0 aromatic heterocycles. The van der Waals surface area contributed by atoms with Gasteiger partial charge in [-0.15, -0.1) is 12.4 Å². The van der Waals surface area contributed by atoms with Gasteiger partial charge < -0.3 is 10.5 Å². The van der Waals surface area contributed by atoms with E-state index in [-0.39, 0.29) is 18.2 Å². The van der Waals surface area contributed by atoms with E-state index in [1.807, 2.05) is 0 Å². The van der Waals surface area contributed by atoms with Gasteiger partial charge in [0.2, 0.25) is 0 Å². The molecule has 1 aromatic rings. The van der Waals surface area contributed by atoms with Gasteiger partial charge in [0.15, 0.2) is 0 Å². The minimum atomic E-state index is -2.77. The molecule has 74 valence electrons. The van der Waals surface area contributed by atoms with Crippen molar-refractivity contribution < 1.29 is 13.5 Å². The van der Waals surface area contributed by atoms with Gasteiger partial charge in [0.1, 0.15) is 5.75 Å². The molecular formula is C8H10ClF2NO. The van der Waals surface area contributed by atoms with Crippen LogP contribution in [0.15, 0.2) is 24.3 Å². The van der Waals surface area contributed by atoms with Crippen molar-refractivity contribution in [1.82, 2.24) is 0 Å². The summed E-state index contributed by atoms with van der Waals surface area (Å²) in [6.07, 6.45) is 0. The first kappa shape index (κ1) is 12.1. The Hall–Kier alpha value is -0.870. The zero-order chi connectivity index (χ0) is 8.97. The normalized spacial score (nSPS) is 9.54. The molecule has 0 spiro atoms. The summed E-state index contributed by atoms with van der Waals surface area (Å²) in [6, 6.07) is 6.23. The second-order valence-electron chi connectivity index (χ2n) is 2.23. The first-order valence-corrected chi connectivity index (χ1v) is 3.46. The number of benzene rings is 1. The van der Waals surface area contributed by atoms with Crippen LogP contribution in [0.5, 0.6) is 5.75 Å². The van der Waals surface area contributed by atoms with Crippen LogP contribution in [0.25, 0.3) is 0 Å². The number of nitrogens with two attached hydrogens (primary N) is 1. The summed E-state index contributed by atoms with van der Waals surface area (Å²) >= 11 is 0. The smallest absolute Gasteiger partial charge is 0.387 e. The molecule has 0 saturated heterocycles. The maximum absolute atomic E-state index is 11.7. The predicted molar refractivity (Wildman–Crippen MR) is 48.2 cm³/mol. The average Bonchev–Trinajstić information content (AvgIpc) is 2.05. The molecule has 0 bridgehead atoms. The summed E-state index contributed by atoms with van der Waals surface area (Å²) in [5.41, 5.74) is 6.20. The van der Waals surface area contributed by atoms with Gasteiger partial charge in [-0.1, -0.05) is 12.1 Å². The van der Waals surface area contributed by atoms with Crippen molar-refractivity contribution in [2.75, 3.05) is 0 Å². The Labute approximate surface area is 81.1 Å². The lowest BCUT2D eigenvalue weighted by Crippen LogP contribution is -2.02. The fourth-order valence-corrected chi connectivity index (χ4v) is 0.807. The largest absolute Gasteiger partial charge is 0.435 e. The van der Waals surface area contributed by atoms with Crippen LogP contribution in [0.3, 0.4) is 0 Å². The molecule has 5 heteroatoms. The van der Waals surface area contributed by atoms with E-state index < -0.39 is 6.61 Å². The summed E-state index contributed by atoms with van der Waals surface area (Å²) < 4.78 is 27.5. The van der Waals surface area contributed by atoms with Gasteiger partial charge >= 0.3 is 6.61 Å². The van der Waals surface area contributed by atoms with Gasteiger partial charge in [-0.3, -0.25) is 0 Å². The van der Waals surface area contributed by atoms with E-state index in [4.69, 9.17) is 5.73 Å². The van der Waals surface area contributed by atoms with Gasteiger partial charge in [0.05, 0.1) is 0 Å². The molecule has 2 nitrogen and oxygen atoms in total. The van der Waals surface area contributed by atoms with Crippen LogP contribution in [-0.2, 0) is 6.54 Å². The second-order valence-corrected chi connectivity index (χ2v) is 2.23. The van der Waals surface area contributed by atoms with Crippen LogP contribution < -0.4 is 10.5 Å². The molecule has 1 aromatic carbocycles. The Bertz CT molecular complexity index is 240. The highest BCUT2D eigenvalue weighted by atomic mass is 35.5. The van der Waals surface area contributed by atoms with Crippen LogP contribution in [0.2, 0.25) is 0 Å². The molecule has 0 unspecified atom stereocenters. The van der Waals surface area contributed by atoms with Gasteiger partial charge in [0, 0.05) is 6.54 Å². The highest BCUT2D eigenvalue weighted by Crippen LogP contribution is 2.14. The molecule has 0 aliphatic rings. The Balaban J connectivity index is 0.00000144. The number of hydrogen-bond donors (Lipinski definition) is 1. The molecule has 2 N–H and O–H groups in total. The minimum Gasteiger partial charge on any atom is -0.435 e. The Morgan fingerprint density at radius 3 is 2.15 bits per heavy atom. The van der Waals surface area contributed by atoms with Crippen LogP contribution >= 0.6 is 12.4 Å². The highest BCUT2D eigenvalue weighted by molar-refractivity contribution is 5.85. The lowest BCUT2D eigenvalue weighted by Gasteiger charge is -2.03. The summed E-state index contributed by atoms with van der Waals surface area (Å²) in [4.78, 5) is 0. The number of hydrogen-bond acceptors (Lipinski definition) is 2. The van der Waals surface area contributed by atoms with Crippen molar-refractivity contribution in [3.63, 3.8) is 0 Å². The molecule has 0 amide bonds. The van der Waals surface area contributed by atoms with E-state index in [1.54, 1.807) is 12.1 Å². The SMILES string of the molecule is Cl.NCc1ccc(OC(F)F)cc1. The zero-order valence-corrected chi connectivity index (χ0v) is 7.56. The lowest BCUT2D eigenvalue weighted by atomic mass is 10.2. The topological polar surface area (TPSA) is 35.2 Å². The van der Waals surface area contributed by atoms with Crippen molar-refractivity contribution >= 4 is 12.4 Å². The third-order valence-electron chi connectivity index (χ3n) is 1.38. The summed E-state index contributed by atoms with van der Waals surface area (Å²) in [5.74, 6) is 0.155. The van der Waals surface area contributed by atoms with Gasteiger partial charge in [-0.25, -0.2) is 0 Å². The minimum absolute atomic E-state index is 0. The van der Waals surface area contributed by atoms with Crippen LogP contribution in [0, 0.1) is 0 Å². The molecule has 13 heavy (non-hydrogen) atoms. The monoisotopic (exact) mass is 209 g/mol. The molecule has 0 heterocycles. The second kappa shape index (κ2) is 5.72. The molecule has 0 radical (unpaired) electrons. The molecule has 0 aliphatic heterocycles. The number of halogens is 3. The first-order valence-electron chi connectivity index (χ1n) is 3.46. The Morgan fingerprint density at radius 1 is 1.23 bits per heavy atom. The summed E-state index contributed by atoms with van der Waals surface area (Å²) in [6.45, 7) is -2.37. The van der Waals surface area contributed by atoms with Crippen LogP contribution in [0.1, 0.15) is 5.56 Å². The third-order valence-corrected chi connectivity index (χ3v) is 1.38. The highest BCUT2D eigenvalue weighted by Gasteiger charge is 2.02. The Morgan fingerprint density at radius 2 is 1.77 bits per heavy atom. The quantitative estimate of drug-likeness (QED) is 0.828. The molecule has 0 aliphatic carbocycles. The third kappa shape index (κ3) is 4.05. The van der Waals surface area contributed by atoms with E-state index in [9.17, 15) is 8.78 Å². The summed E-state index contributed by atoms with van der Waals surface area (Å²) in [5, 5.41) is 0. The fraction of sp³-hybridized carbons (Fsp3) is 0.250. The van der Waals surface area contributed by atoms with E-state index in [1.165, 1.54) is 12.1 Å². The van der Waals surface area contributed by atoms with Crippen molar-refractivity contribution in [3.8, 4) is 5.75 Å². The van der Waals surface area contributed by atoms with Crippen molar-refractivity contribution in [3.05, 3.63) is 29.8 Å². The van der Waals surface area contributed by atoms with Gasteiger partial charge in [-0.05, 0) is 17.7 Å². The van der Waals surface area contributed by atoms with E-state index >= 15 is 0 Å². The maximum atomic E-state index is 11.7. The zero-order valence-electron chi connectivity index (χ0n) is 6.74. The van der Waals surface area contributed by atoms with E-state index in [0.29, 0.717) is 6.54 Å². The van der Waals surface area contributed by atoms with Crippen molar-refractivity contribution in [2.45, 2.75) is 13.2 Å². The van der Waals surface area contributed by atoms with Gasteiger partial charge in [-0.2, -0.15) is 8.78 Å². The van der Waals surface area contributed by atoms with Crippen molar-refractivity contribution in [2.24, 2.45) is 5.73 Å². The predicted octanol–water partition coefficient (Wildman–Crippen LogP) is 2.17. The summed E-state index contributed by atoms with van der Waals surface area (Å²) in [7, 11) is 0. The first-order chi connectivity index (χ1) is 5.72. The van der Waals surface area contributed by atoms with Crippen LogP contribution in [0.4, 0.5) is 8.78 Å². The lowest BCUT2D eigenvalue weighted by molar-refractivity contribution is -0.0498. The molecule has 1 rings (SSSR count). The standard InChI is InChI=1S/C8H9F2NO.ClH/c9-8(10)12-7-3-1-6(5-11)2-4-7;/h1-4,8H,5,11H2;1H. The fourth-order valence-electron chi connectivity index (χ4n) is 0.807. The molecule has 0 saturated carbocycles.